The molecular weight excluding hydrogens is 364 g/mol. The first kappa shape index (κ1) is 17.9. The Morgan fingerprint density at radius 3 is 2.41 bits per heavy atom. The first-order valence-corrected chi connectivity index (χ1v) is 10.4. The summed E-state index contributed by atoms with van der Waals surface area (Å²) in [4.78, 5) is 34.9. The Hall–Kier alpha value is -3.15. The van der Waals surface area contributed by atoms with Gasteiger partial charge in [-0.25, -0.2) is 4.98 Å². The molecule has 0 saturated carbocycles. The van der Waals surface area contributed by atoms with Crippen LogP contribution in [0.25, 0.3) is 5.52 Å². The predicted molar refractivity (Wildman–Crippen MR) is 111 cm³/mol. The van der Waals surface area contributed by atoms with E-state index in [9.17, 15) is 9.59 Å². The molecule has 5 rings (SSSR count). The number of rotatable bonds is 2. The van der Waals surface area contributed by atoms with Gasteiger partial charge in [-0.3, -0.25) is 14.0 Å². The summed E-state index contributed by atoms with van der Waals surface area (Å²) in [5.74, 6) is 0.0980. The lowest BCUT2D eigenvalue weighted by Crippen LogP contribution is -2.33. The van der Waals surface area contributed by atoms with Gasteiger partial charge >= 0.3 is 0 Å². The Bertz CT molecular complexity index is 1080. The average molecular weight is 388 g/mol. The third-order valence-corrected chi connectivity index (χ3v) is 5.97. The highest BCUT2D eigenvalue weighted by atomic mass is 16.2. The van der Waals surface area contributed by atoms with Crippen molar-refractivity contribution in [1.29, 1.82) is 0 Å². The number of para-hydroxylation sites is 1. The minimum atomic E-state index is -0.145. The standard InChI is InChI=1S/C23H24N4O2/c28-22(27-16-12-17-9-3-4-10-18(17)27)20-19-11-5-8-15-26(19)21(24-20)23(29)25-13-6-1-2-7-14-25/h3-5,8-11,15H,1-2,6-7,12-14,16H2. The zero-order chi connectivity index (χ0) is 19.8. The van der Waals surface area contributed by atoms with Crippen molar-refractivity contribution in [2.45, 2.75) is 32.1 Å². The summed E-state index contributed by atoms with van der Waals surface area (Å²) in [5, 5.41) is 0. The molecule has 1 saturated heterocycles. The van der Waals surface area contributed by atoms with Crippen LogP contribution in [0.2, 0.25) is 0 Å². The highest BCUT2D eigenvalue weighted by Gasteiger charge is 2.31. The molecule has 0 spiro atoms. The molecule has 3 aromatic rings. The summed E-state index contributed by atoms with van der Waals surface area (Å²) in [5.41, 5.74) is 3.14. The van der Waals surface area contributed by atoms with E-state index in [0.29, 0.717) is 23.6 Å². The van der Waals surface area contributed by atoms with Gasteiger partial charge in [0.15, 0.2) is 5.69 Å². The van der Waals surface area contributed by atoms with Gasteiger partial charge in [-0.1, -0.05) is 37.1 Å². The smallest absolute Gasteiger partial charge is 0.290 e. The van der Waals surface area contributed by atoms with Crippen LogP contribution in [0.1, 0.15) is 52.4 Å². The molecule has 0 atom stereocenters. The van der Waals surface area contributed by atoms with Gasteiger partial charge < -0.3 is 9.80 Å². The Balaban J connectivity index is 1.54. The summed E-state index contributed by atoms with van der Waals surface area (Å²) in [6, 6.07) is 13.6. The van der Waals surface area contributed by atoms with Gasteiger partial charge in [0.25, 0.3) is 11.8 Å². The maximum absolute atomic E-state index is 13.4. The highest BCUT2D eigenvalue weighted by molar-refractivity contribution is 6.11. The Morgan fingerprint density at radius 2 is 1.59 bits per heavy atom. The van der Waals surface area contributed by atoms with Crippen molar-refractivity contribution in [1.82, 2.24) is 14.3 Å². The molecule has 4 heterocycles. The van der Waals surface area contributed by atoms with Crippen LogP contribution in [0.15, 0.2) is 48.7 Å². The topological polar surface area (TPSA) is 57.9 Å². The molecule has 2 aliphatic heterocycles. The molecule has 2 aliphatic rings. The average Bonchev–Trinajstić information content (AvgIpc) is 3.25. The normalized spacial score (nSPS) is 16.7. The quantitative estimate of drug-likeness (QED) is 0.675. The second-order valence-electron chi connectivity index (χ2n) is 7.78. The van der Waals surface area contributed by atoms with E-state index >= 15 is 0 Å². The number of amides is 2. The lowest BCUT2D eigenvalue weighted by atomic mass is 10.2. The van der Waals surface area contributed by atoms with E-state index in [1.165, 1.54) is 5.56 Å². The molecule has 0 unspecified atom stereocenters. The predicted octanol–water partition coefficient (Wildman–Crippen LogP) is 3.55. The fraction of sp³-hybridized carbons (Fsp3) is 0.348. The number of hydrogen-bond donors (Lipinski definition) is 0. The number of imidazole rings is 1. The number of carbonyl (C=O) groups excluding carboxylic acids is 2. The van der Waals surface area contributed by atoms with Crippen LogP contribution in [0.3, 0.4) is 0 Å². The van der Waals surface area contributed by atoms with Gasteiger partial charge in [-0.05, 0) is 43.0 Å². The number of benzene rings is 1. The Kier molecular flexibility index (Phi) is 4.54. The van der Waals surface area contributed by atoms with E-state index in [4.69, 9.17) is 0 Å². The lowest BCUT2D eigenvalue weighted by Gasteiger charge is -2.19. The summed E-state index contributed by atoms with van der Waals surface area (Å²) in [6.07, 6.45) is 7.01. The van der Waals surface area contributed by atoms with Crippen LogP contribution >= 0.6 is 0 Å². The number of pyridine rings is 1. The second-order valence-corrected chi connectivity index (χ2v) is 7.78. The van der Waals surface area contributed by atoms with Gasteiger partial charge in [0.1, 0.15) is 0 Å². The van der Waals surface area contributed by atoms with Crippen molar-refractivity contribution in [3.05, 3.63) is 65.7 Å². The number of fused-ring (bicyclic) bond motifs is 2. The molecule has 1 aromatic carbocycles. The number of carbonyl (C=O) groups is 2. The van der Waals surface area contributed by atoms with E-state index in [-0.39, 0.29) is 11.8 Å². The molecule has 29 heavy (non-hydrogen) atoms. The molecular formula is C23H24N4O2. The largest absolute Gasteiger partial charge is 0.336 e. The number of hydrogen-bond acceptors (Lipinski definition) is 3. The third-order valence-electron chi connectivity index (χ3n) is 5.97. The second kappa shape index (κ2) is 7.35. The number of likely N-dealkylation sites (tertiary alicyclic amines) is 1. The van der Waals surface area contributed by atoms with Gasteiger partial charge in [0.2, 0.25) is 5.82 Å². The van der Waals surface area contributed by atoms with Crippen molar-refractivity contribution in [3.8, 4) is 0 Å². The van der Waals surface area contributed by atoms with E-state index in [1.54, 1.807) is 9.30 Å². The molecule has 0 N–H and O–H groups in total. The van der Waals surface area contributed by atoms with E-state index in [1.807, 2.05) is 47.5 Å². The van der Waals surface area contributed by atoms with Crippen molar-refractivity contribution >= 4 is 23.0 Å². The fourth-order valence-corrected chi connectivity index (χ4v) is 4.44. The molecule has 6 heteroatoms. The van der Waals surface area contributed by atoms with Crippen LogP contribution in [-0.4, -0.2) is 45.7 Å². The summed E-state index contributed by atoms with van der Waals surface area (Å²) < 4.78 is 1.77. The monoisotopic (exact) mass is 388 g/mol. The van der Waals surface area contributed by atoms with Crippen LogP contribution in [0, 0.1) is 0 Å². The number of aromatic nitrogens is 2. The molecule has 0 aliphatic carbocycles. The molecule has 2 amide bonds. The molecule has 2 aromatic heterocycles. The summed E-state index contributed by atoms with van der Waals surface area (Å²) in [6.45, 7) is 2.14. The van der Waals surface area contributed by atoms with Crippen molar-refractivity contribution in [2.24, 2.45) is 0 Å². The maximum atomic E-state index is 13.4. The number of nitrogens with zero attached hydrogens (tertiary/aromatic N) is 4. The van der Waals surface area contributed by atoms with Crippen LogP contribution in [0.4, 0.5) is 5.69 Å². The van der Waals surface area contributed by atoms with E-state index in [0.717, 1.165) is 50.9 Å². The zero-order valence-corrected chi connectivity index (χ0v) is 16.4. The van der Waals surface area contributed by atoms with Crippen molar-refractivity contribution in [2.75, 3.05) is 24.5 Å². The molecule has 148 valence electrons. The van der Waals surface area contributed by atoms with Crippen molar-refractivity contribution < 1.29 is 9.59 Å². The molecule has 0 radical (unpaired) electrons. The minimum Gasteiger partial charge on any atom is -0.336 e. The first-order valence-electron chi connectivity index (χ1n) is 10.4. The molecule has 1 fully saturated rings. The van der Waals surface area contributed by atoms with Gasteiger partial charge in [0, 0.05) is 31.5 Å². The molecule has 6 nitrogen and oxygen atoms in total. The van der Waals surface area contributed by atoms with Gasteiger partial charge in [0.05, 0.1) is 5.52 Å². The minimum absolute atomic E-state index is 0.0889. The lowest BCUT2D eigenvalue weighted by molar-refractivity contribution is 0.0748. The highest BCUT2D eigenvalue weighted by Crippen LogP contribution is 2.30. The zero-order valence-electron chi connectivity index (χ0n) is 16.4. The van der Waals surface area contributed by atoms with Crippen LogP contribution < -0.4 is 4.90 Å². The third kappa shape index (κ3) is 3.09. The number of anilines is 1. The first-order chi connectivity index (χ1) is 14.2. The SMILES string of the molecule is O=C(c1nc(C(=O)N2CCc3ccccc32)c2ccccn12)N1CCCCCC1. The van der Waals surface area contributed by atoms with E-state index in [2.05, 4.69) is 11.1 Å². The van der Waals surface area contributed by atoms with Crippen molar-refractivity contribution in [3.63, 3.8) is 0 Å². The fourth-order valence-electron chi connectivity index (χ4n) is 4.44. The summed E-state index contributed by atoms with van der Waals surface area (Å²) >= 11 is 0. The van der Waals surface area contributed by atoms with Crippen LogP contribution in [0.5, 0.6) is 0 Å². The molecule has 0 bridgehead atoms. The van der Waals surface area contributed by atoms with E-state index < -0.39 is 0 Å². The van der Waals surface area contributed by atoms with Crippen LogP contribution in [-0.2, 0) is 6.42 Å². The summed E-state index contributed by atoms with van der Waals surface area (Å²) in [7, 11) is 0. The van der Waals surface area contributed by atoms with Gasteiger partial charge in [-0.2, -0.15) is 0 Å². The Labute approximate surface area is 169 Å². The van der Waals surface area contributed by atoms with Gasteiger partial charge in [-0.15, -0.1) is 0 Å². The Morgan fingerprint density at radius 1 is 0.828 bits per heavy atom. The maximum Gasteiger partial charge on any atom is 0.290 e.